The summed E-state index contributed by atoms with van der Waals surface area (Å²) in [5, 5.41) is 0. The molecule has 1 amide bonds. The molecule has 2 rings (SSSR count). The van der Waals surface area contributed by atoms with Crippen molar-refractivity contribution in [1.29, 1.82) is 0 Å². The Hall–Kier alpha value is -2.10. The maximum Gasteiger partial charge on any atom is 0.414 e. The van der Waals surface area contributed by atoms with Crippen molar-refractivity contribution in [1.82, 2.24) is 4.90 Å². The monoisotopic (exact) mass is 231 g/mol. The molecule has 1 heterocycles. The molecule has 1 aliphatic rings. The maximum atomic E-state index is 11.7. The highest BCUT2D eigenvalue weighted by Gasteiger charge is 2.28. The van der Waals surface area contributed by atoms with E-state index in [9.17, 15) is 9.59 Å². The average molecular weight is 231 g/mol. The quantitative estimate of drug-likeness (QED) is 0.782. The fraction of sp³-hybridized carbons (Fsp3) is 0.231. The van der Waals surface area contributed by atoms with Gasteiger partial charge < -0.3 is 4.74 Å². The third kappa shape index (κ3) is 2.36. The van der Waals surface area contributed by atoms with Gasteiger partial charge in [0.15, 0.2) is 5.78 Å². The lowest BCUT2D eigenvalue weighted by Gasteiger charge is -2.18. The van der Waals surface area contributed by atoms with Gasteiger partial charge in [0.05, 0.1) is 18.8 Å². The van der Waals surface area contributed by atoms with E-state index in [0.717, 1.165) is 5.56 Å². The molecule has 0 aliphatic carbocycles. The van der Waals surface area contributed by atoms with Crippen LogP contribution in [0, 0.1) is 0 Å². The smallest absolute Gasteiger partial charge is 0.414 e. The highest BCUT2D eigenvalue weighted by atomic mass is 16.6. The molecule has 0 spiro atoms. The molecule has 0 bridgehead atoms. The van der Waals surface area contributed by atoms with Gasteiger partial charge in [-0.25, -0.2) is 4.79 Å². The number of rotatable bonds is 2. The van der Waals surface area contributed by atoms with Crippen LogP contribution in [0.4, 0.5) is 4.79 Å². The van der Waals surface area contributed by atoms with Crippen LogP contribution in [0.15, 0.2) is 36.4 Å². The summed E-state index contributed by atoms with van der Waals surface area (Å²) >= 11 is 0. The molecule has 4 nitrogen and oxygen atoms in total. The zero-order valence-electron chi connectivity index (χ0n) is 9.55. The summed E-state index contributed by atoms with van der Waals surface area (Å²) in [6.45, 7) is 2.09. The average Bonchev–Trinajstić information content (AvgIpc) is 2.73. The van der Waals surface area contributed by atoms with E-state index < -0.39 is 6.09 Å². The second-order valence-electron chi connectivity index (χ2n) is 3.65. The Balaban J connectivity index is 2.28. The van der Waals surface area contributed by atoms with Crippen molar-refractivity contribution in [2.24, 2.45) is 0 Å². The van der Waals surface area contributed by atoms with Gasteiger partial charge in [-0.05, 0) is 12.5 Å². The summed E-state index contributed by atoms with van der Waals surface area (Å²) in [5.41, 5.74) is 1.44. The number of nitrogens with zero attached hydrogens (tertiary/aromatic N) is 1. The van der Waals surface area contributed by atoms with E-state index >= 15 is 0 Å². The second kappa shape index (κ2) is 4.82. The maximum absolute atomic E-state index is 11.7. The van der Waals surface area contributed by atoms with Crippen LogP contribution in [0.1, 0.15) is 12.5 Å². The van der Waals surface area contributed by atoms with E-state index in [0.29, 0.717) is 12.3 Å². The lowest BCUT2D eigenvalue weighted by Crippen LogP contribution is -2.29. The van der Waals surface area contributed by atoms with Gasteiger partial charge in [-0.2, -0.15) is 0 Å². The van der Waals surface area contributed by atoms with Crippen LogP contribution in [0.25, 0.3) is 5.70 Å². The first kappa shape index (κ1) is 11.4. The van der Waals surface area contributed by atoms with Crippen LogP contribution < -0.4 is 0 Å². The minimum atomic E-state index is -0.478. The molecule has 0 N–H and O–H groups in total. The molecule has 1 aromatic rings. The van der Waals surface area contributed by atoms with Gasteiger partial charge in [0.1, 0.15) is 0 Å². The fourth-order valence-electron chi connectivity index (χ4n) is 1.73. The topological polar surface area (TPSA) is 46.6 Å². The normalized spacial score (nSPS) is 14.8. The Bertz CT molecular complexity index is 465. The lowest BCUT2D eigenvalue weighted by atomic mass is 10.1. The van der Waals surface area contributed by atoms with Crippen molar-refractivity contribution in [3.8, 4) is 0 Å². The first-order chi connectivity index (χ1) is 8.22. The van der Waals surface area contributed by atoms with Crippen molar-refractivity contribution >= 4 is 17.6 Å². The largest absolute Gasteiger partial charge is 0.449 e. The van der Waals surface area contributed by atoms with Crippen LogP contribution in [0.3, 0.4) is 0 Å². The summed E-state index contributed by atoms with van der Waals surface area (Å²) in [6.07, 6.45) is 1.00. The molecular weight excluding hydrogens is 218 g/mol. The highest BCUT2D eigenvalue weighted by Crippen LogP contribution is 2.24. The Morgan fingerprint density at radius 1 is 1.35 bits per heavy atom. The number of benzene rings is 1. The third-order valence-electron chi connectivity index (χ3n) is 2.46. The number of carbonyl (C=O) groups excluding carboxylic acids is 2. The van der Waals surface area contributed by atoms with Gasteiger partial charge in [-0.3, -0.25) is 9.69 Å². The molecule has 1 aliphatic heterocycles. The van der Waals surface area contributed by atoms with E-state index in [4.69, 9.17) is 4.74 Å². The molecule has 4 heteroatoms. The summed E-state index contributed by atoms with van der Waals surface area (Å²) in [4.78, 5) is 24.5. The Labute approximate surface area is 99.5 Å². The predicted molar refractivity (Wildman–Crippen MR) is 63.2 cm³/mol. The highest BCUT2D eigenvalue weighted by molar-refractivity contribution is 6.06. The predicted octanol–water partition coefficient (Wildman–Crippen LogP) is 2.07. The van der Waals surface area contributed by atoms with E-state index in [1.54, 1.807) is 6.92 Å². The minimum Gasteiger partial charge on any atom is -0.449 e. The van der Waals surface area contributed by atoms with Crippen molar-refractivity contribution in [3.05, 3.63) is 42.0 Å². The first-order valence-electron chi connectivity index (χ1n) is 5.46. The molecule has 0 radical (unpaired) electrons. The molecule has 88 valence electrons. The van der Waals surface area contributed by atoms with Crippen molar-refractivity contribution < 1.29 is 14.3 Å². The summed E-state index contributed by atoms with van der Waals surface area (Å²) in [7, 11) is 0. The summed E-state index contributed by atoms with van der Waals surface area (Å²) in [5.74, 6) is -0.0862. The molecule has 0 atom stereocenters. The van der Waals surface area contributed by atoms with Crippen LogP contribution in [0.2, 0.25) is 0 Å². The molecule has 0 unspecified atom stereocenters. The van der Waals surface area contributed by atoms with Crippen molar-refractivity contribution in [2.75, 3.05) is 13.2 Å². The minimum absolute atomic E-state index is 0.0586. The Kier molecular flexibility index (Phi) is 3.23. The molecule has 1 aromatic carbocycles. The number of hydrogen-bond donors (Lipinski definition) is 0. The van der Waals surface area contributed by atoms with Crippen molar-refractivity contribution in [3.63, 3.8) is 0 Å². The lowest BCUT2D eigenvalue weighted by molar-refractivity contribution is -0.114. The second-order valence-corrected chi connectivity index (χ2v) is 3.65. The number of ketones is 1. The molecular formula is C13H13NO3. The summed E-state index contributed by atoms with van der Waals surface area (Å²) < 4.78 is 4.92. The van der Waals surface area contributed by atoms with E-state index in [-0.39, 0.29) is 12.3 Å². The van der Waals surface area contributed by atoms with Gasteiger partial charge in [-0.1, -0.05) is 30.3 Å². The number of ether oxygens (including phenoxy) is 1. The van der Waals surface area contributed by atoms with Crippen LogP contribution in [0.5, 0.6) is 0 Å². The zero-order chi connectivity index (χ0) is 12.3. The summed E-state index contributed by atoms with van der Waals surface area (Å²) in [6, 6.07) is 9.33. The van der Waals surface area contributed by atoms with Gasteiger partial charge in [0.2, 0.25) is 0 Å². The number of hydrogen-bond acceptors (Lipinski definition) is 3. The van der Waals surface area contributed by atoms with E-state index in [1.807, 2.05) is 30.3 Å². The van der Waals surface area contributed by atoms with Crippen LogP contribution >= 0.6 is 0 Å². The molecule has 0 saturated heterocycles. The van der Waals surface area contributed by atoms with E-state index in [1.165, 1.54) is 11.0 Å². The van der Waals surface area contributed by atoms with Crippen molar-refractivity contribution in [2.45, 2.75) is 6.92 Å². The Morgan fingerprint density at radius 2 is 2.06 bits per heavy atom. The van der Waals surface area contributed by atoms with Gasteiger partial charge in [-0.15, -0.1) is 0 Å². The number of carbonyl (C=O) groups is 2. The zero-order valence-corrected chi connectivity index (χ0v) is 9.55. The van der Waals surface area contributed by atoms with Gasteiger partial charge in [0, 0.05) is 6.08 Å². The van der Waals surface area contributed by atoms with Gasteiger partial charge >= 0.3 is 6.09 Å². The first-order valence-corrected chi connectivity index (χ1v) is 5.46. The SMILES string of the molecule is CCOC(=O)N1CC(=O)C=C1c1ccccc1. The van der Waals surface area contributed by atoms with Gasteiger partial charge in [0.25, 0.3) is 0 Å². The molecule has 0 aromatic heterocycles. The van der Waals surface area contributed by atoms with E-state index in [2.05, 4.69) is 0 Å². The standard InChI is InChI=1S/C13H13NO3/c1-2-17-13(16)14-9-11(15)8-12(14)10-6-4-3-5-7-10/h3-8H,2,9H2,1H3. The third-order valence-corrected chi connectivity index (χ3v) is 2.46. The molecule has 17 heavy (non-hydrogen) atoms. The van der Waals surface area contributed by atoms with Crippen LogP contribution in [-0.4, -0.2) is 29.9 Å². The number of amides is 1. The molecule has 0 saturated carbocycles. The fourth-order valence-corrected chi connectivity index (χ4v) is 1.73. The molecule has 0 fully saturated rings. The van der Waals surface area contributed by atoms with Crippen LogP contribution in [-0.2, 0) is 9.53 Å². The Morgan fingerprint density at radius 3 is 2.71 bits per heavy atom.